The van der Waals surface area contributed by atoms with Gasteiger partial charge in [-0.2, -0.15) is 5.10 Å². The van der Waals surface area contributed by atoms with E-state index >= 15 is 0 Å². The van der Waals surface area contributed by atoms with Gasteiger partial charge in [0.05, 0.1) is 17.9 Å². The molecule has 30 heavy (non-hydrogen) atoms. The number of carbonyl (C=O) groups is 1. The summed E-state index contributed by atoms with van der Waals surface area (Å²) in [6, 6.07) is 8.67. The molecule has 1 aliphatic carbocycles. The number of pyridine rings is 1. The van der Waals surface area contributed by atoms with Gasteiger partial charge in [-0.1, -0.05) is 0 Å². The molecule has 1 amide bonds. The minimum absolute atomic E-state index is 0.0531. The van der Waals surface area contributed by atoms with Gasteiger partial charge in [0.25, 0.3) is 0 Å². The van der Waals surface area contributed by atoms with Crippen molar-refractivity contribution in [3.8, 4) is 22.8 Å². The predicted octanol–water partition coefficient (Wildman–Crippen LogP) is 5.07. The van der Waals surface area contributed by atoms with Crippen LogP contribution < -0.4 is 9.64 Å². The maximum Gasteiger partial charge on any atom is 0.224 e. The van der Waals surface area contributed by atoms with Crippen molar-refractivity contribution < 1.29 is 9.53 Å². The van der Waals surface area contributed by atoms with Crippen LogP contribution in [0.4, 0.5) is 5.69 Å². The van der Waals surface area contributed by atoms with Gasteiger partial charge in [-0.3, -0.25) is 9.48 Å². The number of aromatic nitrogens is 3. The molecule has 5 rings (SSSR count). The molecule has 3 heterocycles. The van der Waals surface area contributed by atoms with Crippen LogP contribution in [0.25, 0.3) is 11.1 Å². The van der Waals surface area contributed by atoms with E-state index in [1.165, 1.54) is 12.8 Å². The smallest absolute Gasteiger partial charge is 0.224 e. The Morgan fingerprint density at radius 2 is 2.03 bits per heavy atom. The van der Waals surface area contributed by atoms with Crippen molar-refractivity contribution in [3.05, 3.63) is 54.0 Å². The average molecular weight is 402 g/mol. The summed E-state index contributed by atoms with van der Waals surface area (Å²) in [6.45, 7) is 5.75. The zero-order valence-electron chi connectivity index (χ0n) is 17.6. The van der Waals surface area contributed by atoms with Crippen molar-refractivity contribution in [1.29, 1.82) is 0 Å². The molecule has 154 valence electrons. The molecule has 0 saturated heterocycles. The number of rotatable bonds is 4. The van der Waals surface area contributed by atoms with Crippen LogP contribution in [0.3, 0.4) is 0 Å². The van der Waals surface area contributed by atoms with Gasteiger partial charge in [0.2, 0.25) is 11.8 Å². The molecule has 0 bridgehead atoms. The molecule has 1 aliphatic heterocycles. The number of carbonyl (C=O) groups excluding carboxylic acids is 1. The molecule has 3 aromatic rings. The van der Waals surface area contributed by atoms with Gasteiger partial charge in [0.15, 0.2) is 0 Å². The number of aryl methyl sites for hydroxylation is 1. The van der Waals surface area contributed by atoms with Crippen LogP contribution in [0.5, 0.6) is 11.6 Å². The first-order valence-electron chi connectivity index (χ1n) is 10.6. The van der Waals surface area contributed by atoms with E-state index in [0.717, 1.165) is 46.5 Å². The van der Waals surface area contributed by atoms with Gasteiger partial charge in [0.1, 0.15) is 5.75 Å². The van der Waals surface area contributed by atoms with Crippen LogP contribution in [-0.2, 0) is 11.2 Å². The Balaban J connectivity index is 1.65. The van der Waals surface area contributed by atoms with Gasteiger partial charge < -0.3 is 9.64 Å². The summed E-state index contributed by atoms with van der Waals surface area (Å²) in [4.78, 5) is 18.7. The van der Waals surface area contributed by atoms with Crippen molar-refractivity contribution in [3.63, 3.8) is 0 Å². The van der Waals surface area contributed by atoms with E-state index in [2.05, 4.69) is 23.2 Å². The number of fused-ring (bicyclic) bond motifs is 1. The minimum atomic E-state index is 0.0531. The molecular formula is C24H26N4O2. The highest BCUT2D eigenvalue weighted by Gasteiger charge is 2.31. The maximum atomic E-state index is 12.4. The van der Waals surface area contributed by atoms with Crippen molar-refractivity contribution >= 4 is 11.6 Å². The lowest BCUT2D eigenvalue weighted by molar-refractivity contribution is -0.117. The van der Waals surface area contributed by atoms with Gasteiger partial charge in [-0.25, -0.2) is 4.98 Å². The number of nitrogens with zero attached hydrogens (tertiary/aromatic N) is 4. The fraction of sp³-hybridized carbons (Fsp3) is 0.375. The molecule has 6 nitrogen and oxygen atoms in total. The second-order valence-corrected chi connectivity index (χ2v) is 8.43. The van der Waals surface area contributed by atoms with E-state index in [-0.39, 0.29) is 11.9 Å². The van der Waals surface area contributed by atoms with E-state index in [1.54, 1.807) is 13.1 Å². The number of anilines is 1. The van der Waals surface area contributed by atoms with E-state index in [4.69, 9.17) is 4.74 Å². The average Bonchev–Trinajstić information content (AvgIpc) is 3.45. The van der Waals surface area contributed by atoms with Crippen molar-refractivity contribution in [1.82, 2.24) is 14.8 Å². The Hall–Kier alpha value is -3.15. The highest BCUT2D eigenvalue weighted by molar-refractivity contribution is 5.95. The molecule has 1 atom stereocenters. The number of amides is 1. The number of benzene rings is 1. The Morgan fingerprint density at radius 3 is 2.77 bits per heavy atom. The number of hydrogen-bond donors (Lipinski definition) is 0. The quantitative estimate of drug-likeness (QED) is 0.611. The SMILES string of the molecule is CC(=O)N1c2ccc(-c3cnn(C4CC4)c3)c(Oc3cc(C)ccn3)c2CCC1C. The molecule has 1 saturated carbocycles. The first-order chi connectivity index (χ1) is 14.5. The summed E-state index contributed by atoms with van der Waals surface area (Å²) in [7, 11) is 0. The van der Waals surface area contributed by atoms with Crippen LogP contribution in [0.2, 0.25) is 0 Å². The van der Waals surface area contributed by atoms with Crippen LogP contribution >= 0.6 is 0 Å². The topological polar surface area (TPSA) is 60.2 Å². The first-order valence-corrected chi connectivity index (χ1v) is 10.6. The van der Waals surface area contributed by atoms with Crippen molar-refractivity contribution in [2.24, 2.45) is 0 Å². The van der Waals surface area contributed by atoms with E-state index in [0.29, 0.717) is 11.9 Å². The minimum Gasteiger partial charge on any atom is -0.438 e. The largest absolute Gasteiger partial charge is 0.438 e. The fourth-order valence-corrected chi connectivity index (χ4v) is 4.31. The monoisotopic (exact) mass is 402 g/mol. The van der Waals surface area contributed by atoms with Crippen LogP contribution in [0.1, 0.15) is 50.3 Å². The lowest BCUT2D eigenvalue weighted by atomic mass is 9.92. The van der Waals surface area contributed by atoms with E-state index in [9.17, 15) is 4.79 Å². The van der Waals surface area contributed by atoms with E-state index in [1.807, 2.05) is 47.0 Å². The zero-order chi connectivity index (χ0) is 20.8. The standard InChI is InChI=1S/C24H26N4O2/c1-15-10-11-25-23(12-15)30-24-20(18-13-26-27(14-18)19-5-6-19)8-9-22-21(24)7-4-16(2)28(22)17(3)29/h8-14,16,19H,4-7H2,1-3H3. The summed E-state index contributed by atoms with van der Waals surface area (Å²) >= 11 is 0. The second-order valence-electron chi connectivity index (χ2n) is 8.43. The zero-order valence-corrected chi connectivity index (χ0v) is 17.6. The molecule has 2 aliphatic rings. The maximum absolute atomic E-state index is 12.4. The molecule has 1 fully saturated rings. The van der Waals surface area contributed by atoms with Crippen LogP contribution in [0, 0.1) is 6.92 Å². The molecule has 1 unspecified atom stereocenters. The van der Waals surface area contributed by atoms with Gasteiger partial charge in [0, 0.05) is 48.1 Å². The summed E-state index contributed by atoms with van der Waals surface area (Å²) in [6.07, 6.45) is 9.89. The van der Waals surface area contributed by atoms with E-state index < -0.39 is 0 Å². The lowest BCUT2D eigenvalue weighted by Crippen LogP contribution is -2.40. The molecule has 6 heteroatoms. The summed E-state index contributed by atoms with van der Waals surface area (Å²) in [5.41, 5.74) is 5.10. The molecule has 2 aromatic heterocycles. The van der Waals surface area contributed by atoms with Crippen molar-refractivity contribution in [2.75, 3.05) is 4.90 Å². The predicted molar refractivity (Wildman–Crippen MR) is 116 cm³/mol. The summed E-state index contributed by atoms with van der Waals surface area (Å²) < 4.78 is 8.45. The fourth-order valence-electron chi connectivity index (χ4n) is 4.31. The Morgan fingerprint density at radius 1 is 1.20 bits per heavy atom. The molecule has 0 spiro atoms. The Labute approximate surface area is 176 Å². The lowest BCUT2D eigenvalue weighted by Gasteiger charge is -2.35. The van der Waals surface area contributed by atoms with Crippen LogP contribution in [-0.4, -0.2) is 26.7 Å². The number of ether oxygens (including phenoxy) is 1. The number of hydrogen-bond acceptors (Lipinski definition) is 4. The molecule has 0 N–H and O–H groups in total. The third kappa shape index (κ3) is 3.36. The first kappa shape index (κ1) is 18.9. The molecule has 1 aromatic carbocycles. The van der Waals surface area contributed by atoms with Gasteiger partial charge in [-0.15, -0.1) is 0 Å². The molecule has 0 radical (unpaired) electrons. The summed E-state index contributed by atoms with van der Waals surface area (Å²) in [5, 5.41) is 4.57. The third-order valence-electron chi connectivity index (χ3n) is 6.02. The highest BCUT2D eigenvalue weighted by Crippen LogP contribution is 2.45. The highest BCUT2D eigenvalue weighted by atomic mass is 16.5. The Bertz CT molecular complexity index is 1120. The van der Waals surface area contributed by atoms with Gasteiger partial charge in [-0.05, 0) is 63.3 Å². The summed E-state index contributed by atoms with van der Waals surface area (Å²) in [5.74, 6) is 1.39. The molecular weight excluding hydrogens is 376 g/mol. The normalized spacial score (nSPS) is 18.2. The van der Waals surface area contributed by atoms with Crippen LogP contribution in [0.15, 0.2) is 42.9 Å². The Kier molecular flexibility index (Phi) is 4.57. The third-order valence-corrected chi connectivity index (χ3v) is 6.02. The second kappa shape index (κ2) is 7.27. The van der Waals surface area contributed by atoms with Gasteiger partial charge >= 0.3 is 0 Å². The van der Waals surface area contributed by atoms with Crippen molar-refractivity contribution in [2.45, 2.75) is 58.5 Å².